The SMILES string of the molecule is C1=Cc2ccc3cccc(-n4c5c(c6ccc(-c7ccc8c9ccccc9n(-c9ccccc9)c8c7)cc64)C=CC5)c3c2NC1. The summed E-state index contributed by atoms with van der Waals surface area (Å²) in [5, 5.41) is 10.1. The van der Waals surface area contributed by atoms with Gasteiger partial charge in [-0.05, 0) is 58.5 Å². The zero-order valence-corrected chi connectivity index (χ0v) is 24.7. The predicted molar refractivity (Wildman–Crippen MR) is 191 cm³/mol. The van der Waals surface area contributed by atoms with E-state index in [9.17, 15) is 0 Å². The quantitative estimate of drug-likeness (QED) is 0.222. The van der Waals surface area contributed by atoms with Gasteiger partial charge in [0.15, 0.2) is 0 Å². The molecule has 1 aliphatic heterocycles. The maximum absolute atomic E-state index is 3.69. The van der Waals surface area contributed by atoms with Crippen LogP contribution in [-0.4, -0.2) is 15.7 Å². The van der Waals surface area contributed by atoms with Crippen LogP contribution in [0.25, 0.3) is 78.1 Å². The van der Waals surface area contributed by atoms with E-state index in [0.29, 0.717) is 0 Å². The summed E-state index contributed by atoms with van der Waals surface area (Å²) in [5.41, 5.74) is 13.7. The number of allylic oxidation sites excluding steroid dienone is 1. The van der Waals surface area contributed by atoms with Crippen molar-refractivity contribution in [1.82, 2.24) is 9.13 Å². The average molecular weight is 576 g/mol. The number of hydrogen-bond donors (Lipinski definition) is 1. The Morgan fingerprint density at radius 3 is 2.22 bits per heavy atom. The Balaban J connectivity index is 1.23. The minimum absolute atomic E-state index is 0.846. The second kappa shape index (κ2) is 9.35. The Kier molecular flexibility index (Phi) is 5.11. The molecular formula is C42H29N3. The van der Waals surface area contributed by atoms with E-state index in [1.165, 1.54) is 88.5 Å². The molecule has 0 spiro atoms. The van der Waals surface area contributed by atoms with Crippen molar-refractivity contribution in [3.63, 3.8) is 0 Å². The summed E-state index contributed by atoms with van der Waals surface area (Å²) in [6.07, 6.45) is 9.97. The largest absolute Gasteiger partial charge is 0.381 e. The molecule has 0 radical (unpaired) electrons. The molecule has 0 saturated carbocycles. The smallest absolute Gasteiger partial charge is 0.0558 e. The molecule has 6 aromatic carbocycles. The summed E-state index contributed by atoms with van der Waals surface area (Å²) >= 11 is 0. The Morgan fingerprint density at radius 2 is 1.33 bits per heavy atom. The third kappa shape index (κ3) is 3.52. The summed E-state index contributed by atoms with van der Waals surface area (Å²) in [6.45, 7) is 0.846. The highest BCUT2D eigenvalue weighted by Crippen LogP contribution is 2.42. The van der Waals surface area contributed by atoms with E-state index in [4.69, 9.17) is 0 Å². The van der Waals surface area contributed by atoms with Gasteiger partial charge in [0.25, 0.3) is 0 Å². The first-order chi connectivity index (χ1) is 22.3. The van der Waals surface area contributed by atoms with Crippen molar-refractivity contribution >= 4 is 61.3 Å². The number of nitrogens with zero attached hydrogens (tertiary/aromatic N) is 2. The van der Waals surface area contributed by atoms with E-state index in [1.807, 2.05) is 0 Å². The van der Waals surface area contributed by atoms with Crippen LogP contribution in [-0.2, 0) is 6.42 Å². The van der Waals surface area contributed by atoms with Gasteiger partial charge in [0.05, 0.1) is 27.9 Å². The lowest BCUT2D eigenvalue weighted by atomic mass is 9.99. The number of aromatic nitrogens is 2. The first kappa shape index (κ1) is 24.6. The molecule has 8 aromatic rings. The molecule has 2 aromatic heterocycles. The van der Waals surface area contributed by atoms with Crippen LogP contribution in [0.15, 0.2) is 133 Å². The summed E-state index contributed by atoms with van der Waals surface area (Å²) in [4.78, 5) is 0. The monoisotopic (exact) mass is 575 g/mol. The van der Waals surface area contributed by atoms with Gasteiger partial charge in [-0.15, -0.1) is 0 Å². The minimum atomic E-state index is 0.846. The molecule has 0 bridgehead atoms. The van der Waals surface area contributed by atoms with Gasteiger partial charge in [-0.3, -0.25) is 0 Å². The fourth-order valence-corrected chi connectivity index (χ4v) is 7.74. The fraction of sp³-hybridized carbons (Fsp3) is 0.0476. The highest BCUT2D eigenvalue weighted by Gasteiger charge is 2.23. The lowest BCUT2D eigenvalue weighted by molar-refractivity contribution is 1.02. The molecule has 1 N–H and O–H groups in total. The first-order valence-electron chi connectivity index (χ1n) is 15.7. The standard InChI is InChI=1S/C42H29N3/c1-2-11-31(12-3-1)44-36-15-5-4-13-32(36)34-22-20-29(25-39(34)44)30-21-23-35-33-14-7-16-37(33)45(40(35)26-30)38-17-6-9-27-18-19-28-10-8-24-43-42(28)41(27)38/h1-15,17-23,25-26,43H,16,24H2. The maximum atomic E-state index is 3.69. The fourth-order valence-electron chi connectivity index (χ4n) is 7.74. The molecule has 0 saturated heterocycles. The Hall–Kier alpha value is -5.80. The van der Waals surface area contributed by atoms with Crippen molar-refractivity contribution in [1.29, 1.82) is 0 Å². The highest BCUT2D eigenvalue weighted by atomic mass is 15.0. The lowest BCUT2D eigenvalue weighted by Crippen LogP contribution is -2.07. The molecule has 2 aliphatic rings. The van der Waals surface area contributed by atoms with Crippen molar-refractivity contribution in [3.8, 4) is 22.5 Å². The number of hydrogen-bond acceptors (Lipinski definition) is 1. The lowest BCUT2D eigenvalue weighted by Gasteiger charge is -2.20. The number of anilines is 1. The number of nitrogens with one attached hydrogen (secondary N) is 1. The van der Waals surface area contributed by atoms with Crippen molar-refractivity contribution in [2.45, 2.75) is 6.42 Å². The van der Waals surface area contributed by atoms with Crippen molar-refractivity contribution in [2.75, 3.05) is 11.9 Å². The van der Waals surface area contributed by atoms with E-state index in [2.05, 4.69) is 160 Å². The molecule has 3 heterocycles. The molecule has 10 rings (SSSR count). The third-order valence-electron chi connectivity index (χ3n) is 9.72. The maximum Gasteiger partial charge on any atom is 0.0558 e. The topological polar surface area (TPSA) is 21.9 Å². The van der Waals surface area contributed by atoms with Gasteiger partial charge in [0.2, 0.25) is 0 Å². The van der Waals surface area contributed by atoms with Crippen molar-refractivity contribution in [2.24, 2.45) is 0 Å². The van der Waals surface area contributed by atoms with Gasteiger partial charge in [-0.2, -0.15) is 0 Å². The molecule has 0 amide bonds. The number of rotatable bonds is 3. The van der Waals surface area contributed by atoms with Crippen LogP contribution in [0.1, 0.15) is 16.8 Å². The molecule has 45 heavy (non-hydrogen) atoms. The van der Waals surface area contributed by atoms with Gasteiger partial charge in [0, 0.05) is 51.5 Å². The van der Waals surface area contributed by atoms with E-state index in [0.717, 1.165) is 13.0 Å². The van der Waals surface area contributed by atoms with Crippen LogP contribution in [0.4, 0.5) is 5.69 Å². The Bertz CT molecular complexity index is 2560. The second-order valence-corrected chi connectivity index (χ2v) is 12.1. The normalized spacial score (nSPS) is 13.6. The molecule has 3 heteroatoms. The first-order valence-corrected chi connectivity index (χ1v) is 15.7. The third-order valence-corrected chi connectivity index (χ3v) is 9.72. The van der Waals surface area contributed by atoms with Gasteiger partial charge >= 0.3 is 0 Å². The number of benzene rings is 6. The van der Waals surface area contributed by atoms with Crippen molar-refractivity contribution < 1.29 is 0 Å². The Morgan fingerprint density at radius 1 is 0.556 bits per heavy atom. The minimum Gasteiger partial charge on any atom is -0.381 e. The molecule has 1 aliphatic carbocycles. The molecule has 0 unspecified atom stereocenters. The molecule has 0 fully saturated rings. The summed E-state index contributed by atoms with van der Waals surface area (Å²) < 4.78 is 4.92. The molecule has 212 valence electrons. The summed E-state index contributed by atoms with van der Waals surface area (Å²) in [6, 6.07) is 44.6. The molecule has 0 atom stereocenters. The molecule has 3 nitrogen and oxygen atoms in total. The number of fused-ring (bicyclic) bond motifs is 9. The number of para-hydroxylation sites is 2. The van der Waals surface area contributed by atoms with Crippen molar-refractivity contribution in [3.05, 3.63) is 150 Å². The van der Waals surface area contributed by atoms with Crippen LogP contribution < -0.4 is 5.32 Å². The summed E-state index contributed by atoms with van der Waals surface area (Å²) in [5.74, 6) is 0. The van der Waals surface area contributed by atoms with Crippen LogP contribution in [0.2, 0.25) is 0 Å². The van der Waals surface area contributed by atoms with E-state index in [1.54, 1.807) is 0 Å². The predicted octanol–water partition coefficient (Wildman–Crippen LogP) is 10.6. The van der Waals surface area contributed by atoms with Crippen LogP contribution in [0.3, 0.4) is 0 Å². The summed E-state index contributed by atoms with van der Waals surface area (Å²) in [7, 11) is 0. The van der Waals surface area contributed by atoms with Gasteiger partial charge in [0.1, 0.15) is 0 Å². The van der Waals surface area contributed by atoms with E-state index >= 15 is 0 Å². The van der Waals surface area contributed by atoms with Crippen LogP contribution >= 0.6 is 0 Å². The Labute approximate surface area is 261 Å². The molecular weight excluding hydrogens is 546 g/mol. The van der Waals surface area contributed by atoms with Crippen LogP contribution in [0, 0.1) is 0 Å². The highest BCUT2D eigenvalue weighted by molar-refractivity contribution is 6.11. The van der Waals surface area contributed by atoms with Gasteiger partial charge in [-0.25, -0.2) is 0 Å². The average Bonchev–Trinajstić information content (AvgIpc) is 3.79. The van der Waals surface area contributed by atoms with E-state index in [-0.39, 0.29) is 0 Å². The van der Waals surface area contributed by atoms with E-state index < -0.39 is 0 Å². The van der Waals surface area contributed by atoms with Gasteiger partial charge in [-0.1, -0.05) is 109 Å². The second-order valence-electron chi connectivity index (χ2n) is 12.1. The van der Waals surface area contributed by atoms with Crippen LogP contribution in [0.5, 0.6) is 0 Å². The van der Waals surface area contributed by atoms with Gasteiger partial charge < -0.3 is 14.5 Å². The zero-order chi connectivity index (χ0) is 29.5. The zero-order valence-electron chi connectivity index (χ0n) is 24.7.